The summed E-state index contributed by atoms with van der Waals surface area (Å²) in [6.45, 7) is 0. The van der Waals surface area contributed by atoms with E-state index in [1.54, 1.807) is 6.20 Å². The summed E-state index contributed by atoms with van der Waals surface area (Å²) >= 11 is 7.92. The number of aromatic carboxylic acids is 1. The van der Waals surface area contributed by atoms with Gasteiger partial charge in [0, 0.05) is 9.77 Å². The summed E-state index contributed by atoms with van der Waals surface area (Å²) in [7, 11) is 0. The molecule has 88 valence electrons. The molecule has 0 fully saturated rings. The Morgan fingerprint density at radius 1 is 1.41 bits per heavy atom. The summed E-state index contributed by atoms with van der Waals surface area (Å²) in [5.41, 5.74) is 0.355. The highest BCUT2D eigenvalue weighted by Gasteiger charge is 2.15. The fourth-order valence-electron chi connectivity index (χ4n) is 1.46. The Bertz CT molecular complexity index is 597. The number of carboxylic acid groups (broad SMARTS) is 1. The summed E-state index contributed by atoms with van der Waals surface area (Å²) in [6.07, 6.45) is 1.59. The first-order valence-corrected chi connectivity index (χ1v) is 6.01. The highest BCUT2D eigenvalue weighted by Crippen LogP contribution is 2.25. The molecule has 0 saturated carbocycles. The van der Waals surface area contributed by atoms with Crippen LogP contribution in [0.2, 0.25) is 5.02 Å². The molecular formula is C11H6ClFINO2. The maximum Gasteiger partial charge on any atom is 0.352 e. The van der Waals surface area contributed by atoms with E-state index in [2.05, 4.69) is 0 Å². The van der Waals surface area contributed by atoms with Gasteiger partial charge < -0.3 is 9.67 Å². The van der Waals surface area contributed by atoms with Crippen molar-refractivity contribution in [3.05, 3.63) is 50.6 Å². The third-order valence-electron chi connectivity index (χ3n) is 2.17. The van der Waals surface area contributed by atoms with E-state index in [9.17, 15) is 9.18 Å². The molecule has 2 aromatic rings. The van der Waals surface area contributed by atoms with E-state index < -0.39 is 11.8 Å². The van der Waals surface area contributed by atoms with Gasteiger partial charge in [0.2, 0.25) is 0 Å². The van der Waals surface area contributed by atoms with Crippen LogP contribution in [0.1, 0.15) is 10.5 Å². The van der Waals surface area contributed by atoms with Gasteiger partial charge in [0.05, 0.1) is 10.7 Å². The average molecular weight is 366 g/mol. The second kappa shape index (κ2) is 4.66. The first-order valence-electron chi connectivity index (χ1n) is 4.55. The molecule has 6 heteroatoms. The van der Waals surface area contributed by atoms with Gasteiger partial charge in [-0.05, 0) is 46.9 Å². The molecule has 0 saturated heterocycles. The molecule has 0 amide bonds. The topological polar surface area (TPSA) is 42.2 Å². The van der Waals surface area contributed by atoms with Crippen LogP contribution in [0.5, 0.6) is 0 Å². The SMILES string of the molecule is O=C(O)c1cc(I)cn1-c1cc(F)ccc1Cl. The number of hydrogen-bond donors (Lipinski definition) is 1. The van der Waals surface area contributed by atoms with Crippen molar-refractivity contribution < 1.29 is 14.3 Å². The van der Waals surface area contributed by atoms with Gasteiger partial charge in [-0.25, -0.2) is 9.18 Å². The summed E-state index contributed by atoms with van der Waals surface area (Å²) in [4.78, 5) is 11.0. The predicted octanol–water partition coefficient (Wildman–Crippen LogP) is 3.57. The minimum absolute atomic E-state index is 0.0434. The second-order valence-corrected chi connectivity index (χ2v) is 4.97. The van der Waals surface area contributed by atoms with Crippen molar-refractivity contribution in [3.8, 4) is 5.69 Å². The number of benzene rings is 1. The minimum Gasteiger partial charge on any atom is -0.477 e. The highest BCUT2D eigenvalue weighted by atomic mass is 127. The summed E-state index contributed by atoms with van der Waals surface area (Å²) < 4.78 is 15.2. The molecule has 1 aromatic heterocycles. The number of aromatic nitrogens is 1. The lowest BCUT2D eigenvalue weighted by atomic mass is 10.3. The van der Waals surface area contributed by atoms with Crippen LogP contribution in [-0.2, 0) is 0 Å². The number of rotatable bonds is 2. The van der Waals surface area contributed by atoms with Gasteiger partial charge in [0.25, 0.3) is 0 Å². The smallest absolute Gasteiger partial charge is 0.352 e. The van der Waals surface area contributed by atoms with E-state index in [0.717, 1.165) is 3.57 Å². The molecule has 0 bridgehead atoms. The summed E-state index contributed by atoms with van der Waals surface area (Å²) in [5.74, 6) is -1.56. The Morgan fingerprint density at radius 2 is 2.12 bits per heavy atom. The summed E-state index contributed by atoms with van der Waals surface area (Å²) in [5, 5.41) is 9.33. The van der Waals surface area contributed by atoms with Gasteiger partial charge in [0.1, 0.15) is 11.5 Å². The lowest BCUT2D eigenvalue weighted by molar-refractivity contribution is 0.0688. The number of carbonyl (C=O) groups is 1. The minimum atomic E-state index is -1.09. The quantitative estimate of drug-likeness (QED) is 0.827. The molecule has 0 aliphatic rings. The van der Waals surface area contributed by atoms with Gasteiger partial charge in [-0.15, -0.1) is 0 Å². The molecule has 1 aromatic carbocycles. The van der Waals surface area contributed by atoms with Gasteiger partial charge in [0.15, 0.2) is 0 Å². The van der Waals surface area contributed by atoms with Crippen molar-refractivity contribution in [2.45, 2.75) is 0 Å². The monoisotopic (exact) mass is 365 g/mol. The summed E-state index contributed by atoms with van der Waals surface area (Å²) in [6, 6.07) is 5.31. The predicted molar refractivity (Wildman–Crippen MR) is 70.4 cm³/mol. The Balaban J connectivity index is 2.67. The zero-order valence-corrected chi connectivity index (χ0v) is 11.2. The zero-order chi connectivity index (χ0) is 12.6. The maximum absolute atomic E-state index is 13.2. The molecule has 0 atom stereocenters. The van der Waals surface area contributed by atoms with Crippen LogP contribution in [0, 0.1) is 9.39 Å². The van der Waals surface area contributed by atoms with Gasteiger partial charge in [-0.2, -0.15) is 0 Å². The molecule has 0 aliphatic carbocycles. The highest BCUT2D eigenvalue weighted by molar-refractivity contribution is 14.1. The Labute approximate surface area is 115 Å². The van der Waals surface area contributed by atoms with E-state index in [4.69, 9.17) is 16.7 Å². The largest absolute Gasteiger partial charge is 0.477 e. The van der Waals surface area contributed by atoms with Crippen LogP contribution in [-0.4, -0.2) is 15.6 Å². The zero-order valence-electron chi connectivity index (χ0n) is 8.32. The molecule has 1 heterocycles. The molecule has 0 spiro atoms. The van der Waals surface area contributed by atoms with E-state index in [-0.39, 0.29) is 5.69 Å². The molecule has 0 aliphatic heterocycles. The number of hydrogen-bond acceptors (Lipinski definition) is 1. The van der Waals surface area contributed by atoms with Gasteiger partial charge in [-0.1, -0.05) is 11.6 Å². The van der Waals surface area contributed by atoms with Gasteiger partial charge in [-0.3, -0.25) is 0 Å². The lowest BCUT2D eigenvalue weighted by Crippen LogP contribution is -2.06. The number of nitrogens with zero attached hydrogens (tertiary/aromatic N) is 1. The van der Waals surface area contributed by atoms with Crippen molar-refractivity contribution in [1.29, 1.82) is 0 Å². The van der Waals surface area contributed by atoms with Crippen molar-refractivity contribution in [3.63, 3.8) is 0 Å². The average Bonchev–Trinajstić information content (AvgIpc) is 2.64. The van der Waals surface area contributed by atoms with E-state index in [0.29, 0.717) is 10.7 Å². The van der Waals surface area contributed by atoms with E-state index in [1.165, 1.54) is 28.8 Å². The van der Waals surface area contributed by atoms with E-state index >= 15 is 0 Å². The van der Waals surface area contributed by atoms with Crippen molar-refractivity contribution >= 4 is 40.2 Å². The first kappa shape index (κ1) is 12.4. The van der Waals surface area contributed by atoms with Crippen LogP contribution >= 0.6 is 34.2 Å². The van der Waals surface area contributed by atoms with Crippen LogP contribution in [0.4, 0.5) is 4.39 Å². The Kier molecular flexibility index (Phi) is 3.39. The maximum atomic E-state index is 13.2. The first-order chi connectivity index (χ1) is 7.99. The van der Waals surface area contributed by atoms with Crippen molar-refractivity contribution in [1.82, 2.24) is 4.57 Å². The van der Waals surface area contributed by atoms with Crippen LogP contribution < -0.4 is 0 Å². The molecule has 2 rings (SSSR count). The number of halogens is 3. The molecule has 3 nitrogen and oxygen atoms in total. The fraction of sp³-hybridized carbons (Fsp3) is 0. The fourth-order valence-corrected chi connectivity index (χ4v) is 2.25. The van der Waals surface area contributed by atoms with Crippen LogP contribution in [0.15, 0.2) is 30.5 Å². The Morgan fingerprint density at radius 3 is 2.76 bits per heavy atom. The third kappa shape index (κ3) is 2.44. The van der Waals surface area contributed by atoms with Crippen molar-refractivity contribution in [2.75, 3.05) is 0 Å². The van der Waals surface area contributed by atoms with E-state index in [1.807, 2.05) is 22.6 Å². The van der Waals surface area contributed by atoms with Gasteiger partial charge >= 0.3 is 5.97 Å². The molecule has 17 heavy (non-hydrogen) atoms. The molecule has 1 N–H and O–H groups in total. The number of carboxylic acids is 1. The second-order valence-electron chi connectivity index (χ2n) is 3.31. The standard InChI is InChI=1S/C11H6ClFINO2/c12-8-2-1-6(13)3-9(8)15-5-7(14)4-10(15)11(16)17/h1-5H,(H,16,17). The van der Waals surface area contributed by atoms with Crippen LogP contribution in [0.3, 0.4) is 0 Å². The molecular weight excluding hydrogens is 359 g/mol. The van der Waals surface area contributed by atoms with Crippen molar-refractivity contribution in [2.24, 2.45) is 0 Å². The normalized spacial score (nSPS) is 10.5. The molecule has 0 radical (unpaired) electrons. The van der Waals surface area contributed by atoms with Crippen LogP contribution in [0.25, 0.3) is 5.69 Å². The molecule has 0 unspecified atom stereocenters. The third-order valence-corrected chi connectivity index (χ3v) is 3.08. The Hall–Kier alpha value is -1.08. The lowest BCUT2D eigenvalue weighted by Gasteiger charge is -2.08.